The smallest absolute Gasteiger partial charge is 0.217 e. The topological polar surface area (TPSA) is 132 Å². The van der Waals surface area contributed by atoms with E-state index >= 15 is 0 Å². The van der Waals surface area contributed by atoms with Crippen molar-refractivity contribution in [1.29, 1.82) is 0 Å². The van der Waals surface area contributed by atoms with Crippen LogP contribution in [0.3, 0.4) is 0 Å². The predicted octanol–water partition coefficient (Wildman–Crippen LogP) is 4.84. The number of carbonyl (C=O) groups excluding carboxylic acids is 1. The molecule has 7 rings (SSSR count). The van der Waals surface area contributed by atoms with Gasteiger partial charge in [-0.3, -0.25) is 4.79 Å². The van der Waals surface area contributed by atoms with Crippen molar-refractivity contribution in [3.05, 3.63) is 144 Å². The Hall–Kier alpha value is -4.05. The molecule has 292 valence electrons. The lowest BCUT2D eigenvalue weighted by Gasteiger charge is -2.51. The van der Waals surface area contributed by atoms with Crippen LogP contribution in [0.25, 0.3) is 0 Å². The number of rotatable bonds is 15. The fourth-order valence-electron chi connectivity index (χ4n) is 7.17. The van der Waals surface area contributed by atoms with E-state index in [-0.39, 0.29) is 32.3 Å². The van der Waals surface area contributed by atoms with Crippen LogP contribution in [-0.4, -0.2) is 92.7 Å². The summed E-state index contributed by atoms with van der Waals surface area (Å²) in [5.74, 6) is -0.369. The van der Waals surface area contributed by atoms with Crippen LogP contribution in [0.15, 0.2) is 121 Å². The number of fused-ring (bicyclic) bond motifs is 1. The van der Waals surface area contributed by atoms with Gasteiger partial charge < -0.3 is 53.1 Å². The molecular formula is C43H49NO11. The summed E-state index contributed by atoms with van der Waals surface area (Å²) in [6, 6.07) is 38.1. The van der Waals surface area contributed by atoms with Crippen LogP contribution < -0.4 is 5.32 Å². The standard InChI is InChI=1S/C43H49NO11/c1-28(45)44-35-36(46)37(33(52-42(35)47-2)26-48-23-29-15-7-3-8-16-29)54-43-40(50-25-31-19-11-5-12-20-31)39(49-24-30-17-9-4-10-18-30)38-34(53-43)27-51-41(55-38)32-21-13-6-14-22-32/h3-22,33-43,46H,23-27H2,1-2H3,(H,44,45)/t33-,34-,35-,36-,37-,38-,39+,40-,41-,42+,43-/m1/s1. The number of hydrogen-bond acceptors (Lipinski definition) is 11. The van der Waals surface area contributed by atoms with E-state index in [2.05, 4.69) is 5.32 Å². The van der Waals surface area contributed by atoms with Gasteiger partial charge in [-0.2, -0.15) is 0 Å². The van der Waals surface area contributed by atoms with Gasteiger partial charge in [0.15, 0.2) is 18.9 Å². The third kappa shape index (κ3) is 10.0. The van der Waals surface area contributed by atoms with Crippen LogP contribution in [0.1, 0.15) is 35.5 Å². The fraction of sp³-hybridized carbons (Fsp3) is 0.419. The largest absolute Gasteiger partial charge is 0.388 e. The third-order valence-corrected chi connectivity index (χ3v) is 9.89. The number of ether oxygens (including phenoxy) is 9. The summed E-state index contributed by atoms with van der Waals surface area (Å²) in [6.07, 6.45) is -8.78. The lowest BCUT2D eigenvalue weighted by Crippen LogP contribution is -2.68. The van der Waals surface area contributed by atoms with Gasteiger partial charge in [-0.25, -0.2) is 0 Å². The normalized spacial score (nSPS) is 30.6. The van der Waals surface area contributed by atoms with Crippen molar-refractivity contribution in [1.82, 2.24) is 5.32 Å². The molecule has 55 heavy (non-hydrogen) atoms. The Kier molecular flexibility index (Phi) is 13.7. The summed E-state index contributed by atoms with van der Waals surface area (Å²) in [4.78, 5) is 12.3. The minimum atomic E-state index is -1.30. The highest BCUT2D eigenvalue weighted by atomic mass is 16.8. The maximum atomic E-state index is 12.3. The van der Waals surface area contributed by atoms with Crippen LogP contribution in [0, 0.1) is 0 Å². The van der Waals surface area contributed by atoms with Crippen molar-refractivity contribution in [3.63, 3.8) is 0 Å². The van der Waals surface area contributed by atoms with Gasteiger partial charge in [-0.05, 0) is 16.7 Å². The van der Waals surface area contributed by atoms with Gasteiger partial charge in [0.05, 0.1) is 33.0 Å². The van der Waals surface area contributed by atoms with E-state index in [0.717, 1.165) is 22.3 Å². The zero-order chi connectivity index (χ0) is 38.0. The van der Waals surface area contributed by atoms with Crippen LogP contribution in [0.4, 0.5) is 0 Å². The third-order valence-electron chi connectivity index (χ3n) is 9.89. The maximum absolute atomic E-state index is 12.3. The Morgan fingerprint density at radius 2 is 1.27 bits per heavy atom. The van der Waals surface area contributed by atoms with Crippen molar-refractivity contribution >= 4 is 5.91 Å². The number of hydrogen-bond donors (Lipinski definition) is 2. The van der Waals surface area contributed by atoms with Crippen molar-refractivity contribution in [3.8, 4) is 0 Å². The van der Waals surface area contributed by atoms with Crippen molar-refractivity contribution in [2.24, 2.45) is 0 Å². The van der Waals surface area contributed by atoms with Gasteiger partial charge >= 0.3 is 0 Å². The molecule has 3 aliphatic heterocycles. The highest BCUT2D eigenvalue weighted by Gasteiger charge is 2.55. The fourth-order valence-corrected chi connectivity index (χ4v) is 7.17. The molecule has 3 heterocycles. The molecule has 3 fully saturated rings. The number of aliphatic hydroxyl groups excluding tert-OH is 1. The van der Waals surface area contributed by atoms with E-state index in [0.29, 0.717) is 6.61 Å². The first-order chi connectivity index (χ1) is 27.0. The van der Waals surface area contributed by atoms with Crippen LogP contribution in [0.2, 0.25) is 0 Å². The second-order valence-corrected chi connectivity index (χ2v) is 13.8. The molecule has 4 aromatic carbocycles. The van der Waals surface area contributed by atoms with Crippen LogP contribution >= 0.6 is 0 Å². The first-order valence-electron chi connectivity index (χ1n) is 18.7. The highest BCUT2D eigenvalue weighted by molar-refractivity contribution is 5.73. The second-order valence-electron chi connectivity index (χ2n) is 13.8. The Balaban J connectivity index is 1.20. The lowest BCUT2D eigenvalue weighted by atomic mass is 9.94. The lowest BCUT2D eigenvalue weighted by molar-refractivity contribution is -0.390. The molecule has 12 heteroatoms. The van der Waals surface area contributed by atoms with E-state index in [1.165, 1.54) is 14.0 Å². The quantitative estimate of drug-likeness (QED) is 0.173. The highest BCUT2D eigenvalue weighted by Crippen LogP contribution is 2.39. The van der Waals surface area contributed by atoms with Gasteiger partial charge in [0.1, 0.15) is 48.8 Å². The minimum absolute atomic E-state index is 0.0382. The molecule has 0 bridgehead atoms. The molecule has 0 aliphatic carbocycles. The molecule has 1 amide bonds. The molecule has 3 saturated heterocycles. The Labute approximate surface area is 321 Å². The molecule has 0 saturated carbocycles. The zero-order valence-electron chi connectivity index (χ0n) is 31.0. The molecule has 4 aromatic rings. The van der Waals surface area contributed by atoms with Crippen molar-refractivity contribution in [2.45, 2.75) is 94.4 Å². The average molecular weight is 756 g/mol. The minimum Gasteiger partial charge on any atom is -0.388 e. The number of methoxy groups -OCH3 is 1. The van der Waals surface area contributed by atoms with E-state index in [1.807, 2.05) is 121 Å². The van der Waals surface area contributed by atoms with Gasteiger partial charge in [0.2, 0.25) is 5.91 Å². The number of carbonyl (C=O) groups is 1. The second kappa shape index (κ2) is 19.2. The van der Waals surface area contributed by atoms with Gasteiger partial charge in [0.25, 0.3) is 0 Å². The average Bonchev–Trinajstić information content (AvgIpc) is 3.22. The van der Waals surface area contributed by atoms with E-state index in [1.54, 1.807) is 0 Å². The first kappa shape index (κ1) is 39.2. The van der Waals surface area contributed by atoms with E-state index in [9.17, 15) is 9.90 Å². The van der Waals surface area contributed by atoms with Crippen LogP contribution in [0.5, 0.6) is 0 Å². The van der Waals surface area contributed by atoms with Gasteiger partial charge in [-0.15, -0.1) is 0 Å². The van der Waals surface area contributed by atoms with E-state index in [4.69, 9.17) is 42.6 Å². The molecule has 0 aromatic heterocycles. The Bertz CT molecular complexity index is 1740. The molecule has 12 nitrogen and oxygen atoms in total. The molecule has 3 aliphatic rings. The summed E-state index contributed by atoms with van der Waals surface area (Å²) in [5.41, 5.74) is 3.73. The zero-order valence-corrected chi connectivity index (χ0v) is 31.0. The number of aliphatic hydroxyl groups is 1. The van der Waals surface area contributed by atoms with E-state index < -0.39 is 67.6 Å². The predicted molar refractivity (Wildman–Crippen MR) is 199 cm³/mol. The number of benzene rings is 4. The van der Waals surface area contributed by atoms with Gasteiger partial charge in [-0.1, -0.05) is 121 Å². The summed E-state index contributed by atoms with van der Waals surface area (Å²) in [6.45, 7) is 2.35. The summed E-state index contributed by atoms with van der Waals surface area (Å²) >= 11 is 0. The van der Waals surface area contributed by atoms with Crippen molar-refractivity contribution in [2.75, 3.05) is 20.3 Å². The molecule has 0 spiro atoms. The van der Waals surface area contributed by atoms with Crippen molar-refractivity contribution < 1.29 is 52.5 Å². The van der Waals surface area contributed by atoms with Crippen LogP contribution in [-0.2, 0) is 67.2 Å². The first-order valence-corrected chi connectivity index (χ1v) is 18.7. The summed E-state index contributed by atoms with van der Waals surface area (Å²) in [7, 11) is 1.45. The molecule has 11 atom stereocenters. The summed E-state index contributed by atoms with van der Waals surface area (Å²) in [5, 5.41) is 14.7. The monoisotopic (exact) mass is 755 g/mol. The number of amides is 1. The Morgan fingerprint density at radius 1 is 0.709 bits per heavy atom. The summed E-state index contributed by atoms with van der Waals surface area (Å²) < 4.78 is 57.9. The molecular weight excluding hydrogens is 706 g/mol. The Morgan fingerprint density at radius 3 is 1.85 bits per heavy atom. The maximum Gasteiger partial charge on any atom is 0.217 e. The van der Waals surface area contributed by atoms with Gasteiger partial charge in [0, 0.05) is 19.6 Å². The molecule has 0 unspecified atom stereocenters. The molecule has 2 N–H and O–H groups in total. The SMILES string of the molecule is CO[C@H]1O[C@H](COCc2ccccc2)[C@@H](O[C@H]2O[C@@H]3CO[C@@H](c4ccccc4)O[C@H]3[C@H](OCc3ccccc3)[C@H]2OCc2ccccc2)[C@H](O)[C@H]1NC(C)=O. The molecule has 0 radical (unpaired) electrons. The number of nitrogens with one attached hydrogen (secondary N) is 1.